The van der Waals surface area contributed by atoms with Crippen molar-refractivity contribution in [1.29, 1.82) is 0 Å². The lowest BCUT2D eigenvalue weighted by Crippen LogP contribution is -2.24. The van der Waals surface area contributed by atoms with E-state index in [1.807, 2.05) is 6.79 Å². The van der Waals surface area contributed by atoms with Crippen molar-refractivity contribution in [1.82, 2.24) is 0 Å². The first-order valence-electron chi connectivity index (χ1n) is 4.17. The highest BCUT2D eigenvalue weighted by molar-refractivity contribution is 5.62. The molecule has 0 saturated heterocycles. The van der Waals surface area contributed by atoms with Crippen molar-refractivity contribution in [3.05, 3.63) is 0 Å². The van der Waals surface area contributed by atoms with Gasteiger partial charge in [0.25, 0.3) is 5.97 Å². The quantitative estimate of drug-likeness (QED) is 0.234. The molecule has 0 fully saturated rings. The largest absolute Gasteiger partial charge is 0.465 e. The van der Waals surface area contributed by atoms with E-state index in [-0.39, 0.29) is 6.42 Å². The molecule has 0 aromatic rings. The molecule has 13 nitrogen and oxygen atoms in total. The van der Waals surface area contributed by atoms with Crippen LogP contribution in [0.15, 0.2) is 0 Å². The Morgan fingerprint density at radius 2 is 0.900 bits per heavy atom. The van der Waals surface area contributed by atoms with E-state index in [0.29, 0.717) is 0 Å². The lowest BCUT2D eigenvalue weighted by Gasteiger charge is -2.08. The first-order chi connectivity index (χ1) is 8.76. The van der Waals surface area contributed by atoms with Gasteiger partial charge in [0.15, 0.2) is 0 Å². The number of rotatable bonds is 1. The van der Waals surface area contributed by atoms with Gasteiger partial charge in [-0.15, -0.1) is 0 Å². The SMILES string of the molecule is C=O.CCC(O)(O)O.NC(=O)O.NC(=O)O.NC(=O)O. The molecule has 20 heavy (non-hydrogen) atoms. The fourth-order valence-corrected chi connectivity index (χ4v) is 0. The van der Waals surface area contributed by atoms with E-state index < -0.39 is 24.3 Å². The van der Waals surface area contributed by atoms with E-state index in [0.717, 1.165) is 0 Å². The van der Waals surface area contributed by atoms with Crippen LogP contribution in [-0.4, -0.2) is 61.7 Å². The fourth-order valence-electron chi connectivity index (χ4n) is 0. The van der Waals surface area contributed by atoms with Gasteiger partial charge in [0.05, 0.1) is 0 Å². The lowest BCUT2D eigenvalue weighted by molar-refractivity contribution is -0.312. The summed E-state index contributed by atoms with van der Waals surface area (Å²) >= 11 is 0. The average molecular weight is 305 g/mol. The molecule has 0 radical (unpaired) electrons. The molecule has 0 saturated carbocycles. The van der Waals surface area contributed by atoms with Gasteiger partial charge >= 0.3 is 18.3 Å². The molecule has 122 valence electrons. The number of nitrogens with two attached hydrogens (primary N) is 3. The molecule has 3 amide bonds. The van der Waals surface area contributed by atoms with Crippen molar-refractivity contribution in [2.24, 2.45) is 17.2 Å². The maximum Gasteiger partial charge on any atom is 0.402 e. The number of carboxylic acid groups (broad SMARTS) is 3. The minimum Gasteiger partial charge on any atom is -0.465 e. The van der Waals surface area contributed by atoms with Gasteiger partial charge in [-0.2, -0.15) is 0 Å². The Labute approximate surface area is 112 Å². The number of primary amides is 3. The van der Waals surface area contributed by atoms with E-state index in [1.54, 1.807) is 0 Å². The third kappa shape index (κ3) is 24400. The summed E-state index contributed by atoms with van der Waals surface area (Å²) in [7, 11) is 0. The summed E-state index contributed by atoms with van der Waals surface area (Å²) in [6.07, 6.45) is -4.06. The third-order valence-electron chi connectivity index (χ3n) is 0.474. The summed E-state index contributed by atoms with van der Waals surface area (Å²) in [6, 6.07) is 0. The van der Waals surface area contributed by atoms with E-state index in [9.17, 15) is 0 Å². The molecule has 0 spiro atoms. The molecular weight excluding hydrogens is 286 g/mol. The van der Waals surface area contributed by atoms with Crippen LogP contribution < -0.4 is 17.2 Å². The van der Waals surface area contributed by atoms with E-state index in [1.165, 1.54) is 6.92 Å². The molecule has 0 bridgehead atoms. The van der Waals surface area contributed by atoms with Crippen LogP contribution in [-0.2, 0) is 4.79 Å². The molecule has 0 aromatic heterocycles. The van der Waals surface area contributed by atoms with Gasteiger partial charge in [0.2, 0.25) is 0 Å². The summed E-state index contributed by atoms with van der Waals surface area (Å²) < 4.78 is 0. The summed E-state index contributed by atoms with van der Waals surface area (Å²) in [6.45, 7) is 3.46. The topological polar surface area (TPSA) is 268 Å². The minimum atomic E-state index is -2.46. The molecule has 0 aromatic carbocycles. The summed E-state index contributed by atoms with van der Waals surface area (Å²) in [5.74, 6) is -2.46. The second kappa shape index (κ2) is 21.6. The lowest BCUT2D eigenvalue weighted by atomic mass is 10.4. The van der Waals surface area contributed by atoms with Crippen molar-refractivity contribution in [2.75, 3.05) is 0 Å². The fraction of sp³-hybridized carbons (Fsp3) is 0.429. The Kier molecular flexibility index (Phi) is 32.9. The monoisotopic (exact) mass is 305 g/mol. The highest BCUT2D eigenvalue weighted by Gasteiger charge is 2.11. The Morgan fingerprint density at radius 1 is 0.850 bits per heavy atom. The molecule has 0 heterocycles. The maximum absolute atomic E-state index is 8.78. The van der Waals surface area contributed by atoms with E-state index in [2.05, 4.69) is 17.2 Å². The number of hydrogen-bond acceptors (Lipinski definition) is 7. The number of carbonyl (C=O) groups is 4. The maximum atomic E-state index is 8.78. The summed E-state index contributed by atoms with van der Waals surface area (Å²) in [5, 5.41) is 45.4. The van der Waals surface area contributed by atoms with Gasteiger partial charge in [0, 0.05) is 6.42 Å². The van der Waals surface area contributed by atoms with Crippen molar-refractivity contribution < 1.29 is 49.8 Å². The molecule has 0 rings (SSSR count). The van der Waals surface area contributed by atoms with Crippen molar-refractivity contribution in [3.63, 3.8) is 0 Å². The molecule has 0 aliphatic rings. The van der Waals surface area contributed by atoms with Gasteiger partial charge in [0.1, 0.15) is 6.79 Å². The van der Waals surface area contributed by atoms with E-state index in [4.69, 9.17) is 49.8 Å². The van der Waals surface area contributed by atoms with Crippen molar-refractivity contribution in [3.8, 4) is 0 Å². The van der Waals surface area contributed by atoms with Gasteiger partial charge < -0.3 is 52.6 Å². The zero-order valence-corrected chi connectivity index (χ0v) is 10.5. The van der Waals surface area contributed by atoms with Crippen LogP contribution in [0.1, 0.15) is 13.3 Å². The molecule has 13 heteroatoms. The number of carbonyl (C=O) groups excluding carboxylic acids is 1. The second-order valence-corrected chi connectivity index (χ2v) is 2.14. The average Bonchev–Trinajstić information content (AvgIpc) is 2.17. The molecular formula is C7H19N3O10. The first-order valence-corrected chi connectivity index (χ1v) is 4.17. The first kappa shape index (κ1) is 30.4. The molecule has 0 aliphatic carbocycles. The Morgan fingerprint density at radius 3 is 0.900 bits per heavy atom. The highest BCUT2D eigenvalue weighted by Crippen LogP contribution is 1.95. The van der Waals surface area contributed by atoms with Crippen molar-refractivity contribution >= 4 is 25.1 Å². The predicted molar refractivity (Wildman–Crippen MR) is 63.4 cm³/mol. The van der Waals surface area contributed by atoms with Crippen LogP contribution in [0.25, 0.3) is 0 Å². The predicted octanol–water partition coefficient (Wildman–Crippen LogP) is -2.29. The van der Waals surface area contributed by atoms with Crippen LogP contribution in [0.5, 0.6) is 0 Å². The smallest absolute Gasteiger partial charge is 0.402 e. The molecule has 0 aliphatic heterocycles. The highest BCUT2D eigenvalue weighted by atomic mass is 16.7. The summed E-state index contributed by atoms with van der Waals surface area (Å²) in [4.78, 5) is 34.3. The number of hydrogen-bond donors (Lipinski definition) is 9. The summed E-state index contributed by atoms with van der Waals surface area (Å²) in [5.41, 5.74) is 12.1. The number of amides is 3. The Hall–Kier alpha value is -2.64. The minimum absolute atomic E-state index is 0.0625. The van der Waals surface area contributed by atoms with Crippen molar-refractivity contribution in [2.45, 2.75) is 19.3 Å². The van der Waals surface area contributed by atoms with Gasteiger partial charge in [-0.3, -0.25) is 0 Å². The zero-order valence-electron chi connectivity index (χ0n) is 10.5. The number of aliphatic hydroxyl groups is 3. The Bertz CT molecular complexity index is 211. The Balaban J connectivity index is -0.0000000488. The molecule has 0 atom stereocenters. The zero-order chi connectivity index (χ0) is 17.9. The van der Waals surface area contributed by atoms with Crippen LogP contribution in [0, 0.1) is 0 Å². The standard InChI is InChI=1S/C3H8O3.3CH3NO2.CH2O/c1-2-3(4,5)6;3*2-1(3)4;1-2/h4-6H,2H2,1H3;3*2H2,(H,3,4);1H2. The van der Waals surface area contributed by atoms with Crippen LogP contribution in [0.4, 0.5) is 14.4 Å². The molecule has 0 unspecified atom stereocenters. The van der Waals surface area contributed by atoms with E-state index >= 15 is 0 Å². The van der Waals surface area contributed by atoms with Gasteiger partial charge in [-0.1, -0.05) is 6.92 Å². The van der Waals surface area contributed by atoms with Crippen LogP contribution in [0.3, 0.4) is 0 Å². The second-order valence-electron chi connectivity index (χ2n) is 2.14. The molecule has 12 N–H and O–H groups in total. The van der Waals surface area contributed by atoms with Crippen LogP contribution in [0.2, 0.25) is 0 Å². The van der Waals surface area contributed by atoms with Crippen LogP contribution >= 0.6 is 0 Å². The van der Waals surface area contributed by atoms with Gasteiger partial charge in [-0.05, 0) is 0 Å². The van der Waals surface area contributed by atoms with Gasteiger partial charge in [-0.25, -0.2) is 14.4 Å². The third-order valence-corrected chi connectivity index (χ3v) is 0.474. The normalized spacial score (nSPS) is 7.40.